The zero-order valence-electron chi connectivity index (χ0n) is 13.2. The van der Waals surface area contributed by atoms with Crippen molar-refractivity contribution in [3.05, 3.63) is 60.2 Å². The summed E-state index contributed by atoms with van der Waals surface area (Å²) in [4.78, 5) is 16.4. The van der Waals surface area contributed by atoms with Gasteiger partial charge in [-0.25, -0.2) is 0 Å². The summed E-state index contributed by atoms with van der Waals surface area (Å²) in [5, 5.41) is 0. The first kappa shape index (κ1) is 14.6. The minimum Gasteiger partial charge on any atom is -0.363 e. The van der Waals surface area contributed by atoms with Gasteiger partial charge in [0.05, 0.1) is 17.4 Å². The van der Waals surface area contributed by atoms with E-state index in [9.17, 15) is 4.79 Å². The summed E-state index contributed by atoms with van der Waals surface area (Å²) in [6.07, 6.45) is 0.958. The number of carbonyl (C=O) groups excluding carboxylic acids is 1. The Labute approximate surface area is 132 Å². The van der Waals surface area contributed by atoms with Gasteiger partial charge in [-0.2, -0.15) is 0 Å². The number of para-hydroxylation sites is 2. The predicted molar refractivity (Wildman–Crippen MR) is 91.2 cm³/mol. The van der Waals surface area contributed by atoms with Crippen molar-refractivity contribution in [1.82, 2.24) is 0 Å². The van der Waals surface area contributed by atoms with Gasteiger partial charge in [-0.05, 0) is 24.1 Å². The van der Waals surface area contributed by atoms with Crippen LogP contribution in [-0.2, 0) is 11.3 Å². The van der Waals surface area contributed by atoms with Crippen molar-refractivity contribution >= 4 is 17.3 Å². The van der Waals surface area contributed by atoms with Crippen molar-refractivity contribution in [2.75, 3.05) is 16.3 Å². The normalized spacial score (nSPS) is 17.3. The highest BCUT2D eigenvalue weighted by molar-refractivity contribution is 5.97. The average molecular weight is 294 g/mol. The Morgan fingerprint density at radius 1 is 1.05 bits per heavy atom. The second kappa shape index (κ2) is 6.22. The largest absolute Gasteiger partial charge is 0.363 e. The minimum atomic E-state index is 0.124. The molecule has 3 rings (SSSR count). The van der Waals surface area contributed by atoms with Crippen LogP contribution in [0.3, 0.4) is 0 Å². The second-order valence-corrected chi connectivity index (χ2v) is 5.81. The Kier molecular flexibility index (Phi) is 4.14. The van der Waals surface area contributed by atoms with Crippen molar-refractivity contribution in [3.8, 4) is 0 Å². The van der Waals surface area contributed by atoms with E-state index in [-0.39, 0.29) is 11.9 Å². The van der Waals surface area contributed by atoms with Gasteiger partial charge < -0.3 is 9.80 Å². The van der Waals surface area contributed by atoms with Gasteiger partial charge in [-0.1, -0.05) is 49.4 Å². The van der Waals surface area contributed by atoms with Gasteiger partial charge in [0.15, 0.2) is 0 Å². The summed E-state index contributed by atoms with van der Waals surface area (Å²) in [5.41, 5.74) is 3.47. The van der Waals surface area contributed by atoms with Crippen LogP contribution in [0, 0.1) is 0 Å². The maximum absolute atomic E-state index is 12.1. The van der Waals surface area contributed by atoms with Crippen LogP contribution in [0.15, 0.2) is 54.6 Å². The number of fused-ring (bicyclic) bond motifs is 1. The van der Waals surface area contributed by atoms with Crippen molar-refractivity contribution in [1.29, 1.82) is 0 Å². The molecule has 0 N–H and O–H groups in total. The molecular weight excluding hydrogens is 272 g/mol. The molecule has 2 aromatic carbocycles. The van der Waals surface area contributed by atoms with Gasteiger partial charge in [0, 0.05) is 20.0 Å². The summed E-state index contributed by atoms with van der Waals surface area (Å²) < 4.78 is 0. The smallest absolute Gasteiger partial charge is 0.224 e. The molecule has 3 heteroatoms. The van der Waals surface area contributed by atoms with Gasteiger partial charge in [0.2, 0.25) is 5.91 Å². The van der Waals surface area contributed by atoms with Gasteiger partial charge in [-0.15, -0.1) is 0 Å². The predicted octanol–water partition coefficient (Wildman–Crippen LogP) is 3.84. The Bertz CT molecular complexity index is 653. The topological polar surface area (TPSA) is 23.6 Å². The summed E-state index contributed by atoms with van der Waals surface area (Å²) in [6.45, 7) is 5.56. The minimum absolute atomic E-state index is 0.124. The maximum atomic E-state index is 12.1. The molecule has 0 bridgehead atoms. The number of nitrogens with zero attached hydrogens (tertiary/aromatic N) is 2. The van der Waals surface area contributed by atoms with E-state index in [0.717, 1.165) is 30.9 Å². The zero-order valence-corrected chi connectivity index (χ0v) is 13.2. The molecule has 22 heavy (non-hydrogen) atoms. The second-order valence-electron chi connectivity index (χ2n) is 5.81. The van der Waals surface area contributed by atoms with Gasteiger partial charge in [0.25, 0.3) is 0 Å². The fourth-order valence-electron chi connectivity index (χ4n) is 3.26. The SMILES string of the molecule is CCC1CN(Cc2ccccc2)c2ccccc2N1C(C)=O. The molecule has 1 aliphatic heterocycles. The highest BCUT2D eigenvalue weighted by Gasteiger charge is 2.31. The third-order valence-electron chi connectivity index (χ3n) is 4.31. The first-order valence-corrected chi connectivity index (χ1v) is 7.88. The Morgan fingerprint density at radius 2 is 1.68 bits per heavy atom. The zero-order chi connectivity index (χ0) is 15.5. The molecule has 1 atom stereocenters. The first-order valence-electron chi connectivity index (χ1n) is 7.88. The highest BCUT2D eigenvalue weighted by atomic mass is 16.2. The third-order valence-corrected chi connectivity index (χ3v) is 4.31. The van der Waals surface area contributed by atoms with Crippen molar-refractivity contribution in [2.24, 2.45) is 0 Å². The lowest BCUT2D eigenvalue weighted by molar-refractivity contribution is -0.117. The van der Waals surface area contributed by atoms with Gasteiger partial charge in [-0.3, -0.25) is 4.79 Å². The summed E-state index contributed by atoms with van der Waals surface area (Å²) >= 11 is 0. The molecular formula is C19H22N2O. The van der Waals surface area contributed by atoms with Crippen LogP contribution in [0.25, 0.3) is 0 Å². The molecule has 1 amide bonds. The quantitative estimate of drug-likeness (QED) is 0.858. The van der Waals surface area contributed by atoms with Crippen LogP contribution < -0.4 is 9.80 Å². The lowest BCUT2D eigenvalue weighted by atomic mass is 10.0. The number of rotatable bonds is 3. The molecule has 114 valence electrons. The Morgan fingerprint density at radius 3 is 2.32 bits per heavy atom. The number of amides is 1. The van der Waals surface area contributed by atoms with Gasteiger partial charge >= 0.3 is 0 Å². The molecule has 0 saturated heterocycles. The first-order chi connectivity index (χ1) is 10.7. The monoisotopic (exact) mass is 294 g/mol. The van der Waals surface area contributed by atoms with E-state index in [1.807, 2.05) is 23.1 Å². The van der Waals surface area contributed by atoms with E-state index in [4.69, 9.17) is 0 Å². The van der Waals surface area contributed by atoms with Crippen LogP contribution in [0.4, 0.5) is 11.4 Å². The molecule has 0 aliphatic carbocycles. The fraction of sp³-hybridized carbons (Fsp3) is 0.316. The van der Waals surface area contributed by atoms with E-state index in [2.05, 4.69) is 48.2 Å². The van der Waals surface area contributed by atoms with E-state index in [1.165, 1.54) is 5.56 Å². The summed E-state index contributed by atoms with van der Waals surface area (Å²) in [5.74, 6) is 0.124. The van der Waals surface area contributed by atoms with Gasteiger partial charge in [0.1, 0.15) is 0 Å². The third kappa shape index (κ3) is 2.71. The molecule has 3 nitrogen and oxygen atoms in total. The van der Waals surface area contributed by atoms with Crippen molar-refractivity contribution in [2.45, 2.75) is 32.9 Å². The van der Waals surface area contributed by atoms with Crippen LogP contribution in [-0.4, -0.2) is 18.5 Å². The number of anilines is 2. The molecule has 0 spiro atoms. The Balaban J connectivity index is 1.98. The van der Waals surface area contributed by atoms with Crippen LogP contribution in [0.5, 0.6) is 0 Å². The number of hydrogen-bond donors (Lipinski definition) is 0. The number of benzene rings is 2. The molecule has 1 aliphatic rings. The number of hydrogen-bond acceptors (Lipinski definition) is 2. The lowest BCUT2D eigenvalue weighted by Crippen LogP contribution is -2.50. The molecule has 0 aromatic heterocycles. The van der Waals surface area contributed by atoms with Crippen LogP contribution in [0.2, 0.25) is 0 Å². The van der Waals surface area contributed by atoms with E-state index in [0.29, 0.717) is 0 Å². The molecule has 1 unspecified atom stereocenters. The van der Waals surface area contributed by atoms with Crippen molar-refractivity contribution in [3.63, 3.8) is 0 Å². The standard InChI is InChI=1S/C19H22N2O/c1-3-17-14-20(13-16-9-5-4-6-10-16)18-11-7-8-12-19(18)21(17)15(2)22/h4-12,17H,3,13-14H2,1-2H3. The summed E-state index contributed by atoms with van der Waals surface area (Å²) in [6, 6.07) is 18.9. The highest BCUT2D eigenvalue weighted by Crippen LogP contribution is 2.37. The number of carbonyl (C=O) groups is 1. The van der Waals surface area contributed by atoms with Crippen molar-refractivity contribution < 1.29 is 4.79 Å². The molecule has 0 fully saturated rings. The maximum Gasteiger partial charge on any atom is 0.224 e. The molecule has 1 heterocycles. The average Bonchev–Trinajstić information content (AvgIpc) is 2.55. The van der Waals surface area contributed by atoms with Crippen LogP contribution >= 0.6 is 0 Å². The molecule has 0 saturated carbocycles. The van der Waals surface area contributed by atoms with E-state index >= 15 is 0 Å². The van der Waals surface area contributed by atoms with E-state index in [1.54, 1.807) is 6.92 Å². The lowest BCUT2D eigenvalue weighted by Gasteiger charge is -2.43. The van der Waals surface area contributed by atoms with Crippen LogP contribution in [0.1, 0.15) is 25.8 Å². The Hall–Kier alpha value is -2.29. The van der Waals surface area contributed by atoms with E-state index < -0.39 is 0 Å². The molecule has 0 radical (unpaired) electrons. The summed E-state index contributed by atoms with van der Waals surface area (Å²) in [7, 11) is 0. The fourth-order valence-corrected chi connectivity index (χ4v) is 3.26. The molecule has 2 aromatic rings.